The van der Waals surface area contributed by atoms with E-state index in [2.05, 4.69) is 21.2 Å². The number of para-hydroxylation sites is 1. The minimum Gasteiger partial charge on any atom is -0.423 e. The number of carbonyl (C=O) groups is 5. The van der Waals surface area contributed by atoms with Gasteiger partial charge in [-0.15, -0.1) is 0 Å². The lowest BCUT2D eigenvalue weighted by atomic mass is 9.95. The molecule has 1 aliphatic carbocycles. The molecule has 0 unspecified atom stereocenters. The number of halogens is 2. The number of hydrogen-bond acceptors (Lipinski definition) is 8. The molecule has 3 amide bonds. The summed E-state index contributed by atoms with van der Waals surface area (Å²) in [5.74, 6) is -3.97. The molecule has 0 radical (unpaired) electrons. The van der Waals surface area contributed by atoms with Gasteiger partial charge in [-0.3, -0.25) is 14.4 Å². The van der Waals surface area contributed by atoms with E-state index in [1.165, 1.54) is 60.7 Å². The lowest BCUT2D eigenvalue weighted by molar-refractivity contribution is -0.136. The molecule has 1 aliphatic rings. The molecule has 0 atom stereocenters. The van der Waals surface area contributed by atoms with E-state index in [-0.39, 0.29) is 51.4 Å². The topological polar surface area (TPSA) is 152 Å². The fourth-order valence-corrected chi connectivity index (χ4v) is 5.21. The Hall–Kier alpha value is -5.52. The van der Waals surface area contributed by atoms with Gasteiger partial charge in [0.1, 0.15) is 11.5 Å². The van der Waals surface area contributed by atoms with Crippen molar-refractivity contribution >= 4 is 64.8 Å². The Labute approximate surface area is 291 Å². The summed E-state index contributed by atoms with van der Waals surface area (Å²) in [5.41, 5.74) is 3.14. The molecule has 0 bridgehead atoms. The van der Waals surface area contributed by atoms with E-state index in [1.807, 2.05) is 0 Å². The number of carbonyl (C=O) groups excluding carboxylic acids is 5. The van der Waals surface area contributed by atoms with Gasteiger partial charge in [-0.2, -0.15) is 5.10 Å². The van der Waals surface area contributed by atoms with Crippen LogP contribution in [-0.2, 0) is 9.59 Å². The number of nitrogens with zero attached hydrogens (tertiary/aromatic N) is 1. The maximum atomic E-state index is 12.9. The molecular formula is C36H30Cl2N4O7. The predicted molar refractivity (Wildman–Crippen MR) is 184 cm³/mol. The highest BCUT2D eigenvalue weighted by Crippen LogP contribution is 2.26. The fraction of sp³-hybridized carbons (Fsp3) is 0.167. The summed E-state index contributed by atoms with van der Waals surface area (Å²) < 4.78 is 11.0. The number of rotatable bonds is 9. The van der Waals surface area contributed by atoms with Crippen LogP contribution in [0.1, 0.15) is 68.7 Å². The molecule has 5 rings (SSSR count). The lowest BCUT2D eigenvalue weighted by Crippen LogP contribution is -2.37. The number of benzene rings is 4. The van der Waals surface area contributed by atoms with Crippen molar-refractivity contribution in [2.45, 2.75) is 38.1 Å². The third-order valence-electron chi connectivity index (χ3n) is 7.49. The van der Waals surface area contributed by atoms with Gasteiger partial charge in [0.15, 0.2) is 0 Å². The monoisotopic (exact) mass is 700 g/mol. The van der Waals surface area contributed by atoms with Crippen LogP contribution < -0.4 is 25.5 Å². The summed E-state index contributed by atoms with van der Waals surface area (Å²) in [6.45, 7) is 0. The summed E-state index contributed by atoms with van der Waals surface area (Å²) in [5, 5.41) is 10.2. The van der Waals surface area contributed by atoms with E-state index in [4.69, 9.17) is 32.7 Å². The first-order chi connectivity index (χ1) is 23.7. The van der Waals surface area contributed by atoms with Crippen molar-refractivity contribution < 1.29 is 33.4 Å². The standard InChI is InChI=1S/C36H30Cl2N4O7/c37-25-15-10-22(11-16-25)35(46)48-28-19-14-24(31(20-28)49-36(47)23-12-17-26(38)18-13-23)21-39-42-34(45)33(44)41-30-9-5-4-8-29(30)32(43)40-27-6-2-1-3-7-27/h4-5,8-21,27H,1-3,6-7H2,(H,40,43)(H,41,44)(H,42,45)/b39-21+. The van der Waals surface area contributed by atoms with Crippen LogP contribution >= 0.6 is 23.2 Å². The second kappa shape index (κ2) is 16.5. The molecule has 3 N–H and O–H groups in total. The lowest BCUT2D eigenvalue weighted by Gasteiger charge is -2.23. The molecular weight excluding hydrogens is 671 g/mol. The van der Waals surface area contributed by atoms with Crippen LogP contribution in [0.3, 0.4) is 0 Å². The zero-order valence-electron chi connectivity index (χ0n) is 25.9. The molecule has 13 heteroatoms. The molecule has 250 valence electrons. The zero-order valence-corrected chi connectivity index (χ0v) is 27.4. The first-order valence-electron chi connectivity index (χ1n) is 15.3. The third kappa shape index (κ3) is 9.75. The quantitative estimate of drug-likeness (QED) is 0.0586. The van der Waals surface area contributed by atoms with Crippen molar-refractivity contribution in [2.24, 2.45) is 5.10 Å². The van der Waals surface area contributed by atoms with Crippen LogP contribution in [-0.4, -0.2) is 41.9 Å². The maximum Gasteiger partial charge on any atom is 0.343 e. The number of amides is 3. The SMILES string of the molecule is O=C(N/N=C/c1ccc(OC(=O)c2ccc(Cl)cc2)cc1OC(=O)c1ccc(Cl)cc1)C(=O)Nc1ccccc1C(=O)NC1CCCCC1. The molecule has 0 aliphatic heterocycles. The zero-order chi connectivity index (χ0) is 34.8. The molecule has 4 aromatic carbocycles. The second-order valence-corrected chi connectivity index (χ2v) is 11.9. The number of ether oxygens (including phenoxy) is 2. The minimum atomic E-state index is -1.12. The van der Waals surface area contributed by atoms with Gasteiger partial charge in [0.2, 0.25) is 0 Å². The number of nitrogens with one attached hydrogen (secondary N) is 3. The van der Waals surface area contributed by atoms with Gasteiger partial charge in [-0.05, 0) is 85.6 Å². The third-order valence-corrected chi connectivity index (χ3v) is 8.00. The van der Waals surface area contributed by atoms with Gasteiger partial charge in [-0.1, -0.05) is 54.6 Å². The van der Waals surface area contributed by atoms with Gasteiger partial charge in [0.05, 0.1) is 28.6 Å². The fourth-order valence-electron chi connectivity index (χ4n) is 4.96. The van der Waals surface area contributed by atoms with Gasteiger partial charge in [-0.25, -0.2) is 15.0 Å². The smallest absolute Gasteiger partial charge is 0.343 e. The molecule has 0 aromatic heterocycles. The van der Waals surface area contributed by atoms with Gasteiger partial charge in [0, 0.05) is 27.7 Å². The highest BCUT2D eigenvalue weighted by molar-refractivity contribution is 6.40. The van der Waals surface area contributed by atoms with E-state index >= 15 is 0 Å². The van der Waals surface area contributed by atoms with Crippen LogP contribution in [0.2, 0.25) is 10.0 Å². The molecule has 1 saturated carbocycles. The van der Waals surface area contributed by atoms with E-state index in [9.17, 15) is 24.0 Å². The molecule has 1 fully saturated rings. The number of esters is 2. The van der Waals surface area contributed by atoms with Crippen molar-refractivity contribution in [3.8, 4) is 11.5 Å². The van der Waals surface area contributed by atoms with E-state index in [0.717, 1.165) is 38.3 Å². The normalized spacial score (nSPS) is 12.9. The number of anilines is 1. The second-order valence-electron chi connectivity index (χ2n) is 11.0. The predicted octanol–water partition coefficient (Wildman–Crippen LogP) is 6.58. The van der Waals surface area contributed by atoms with Crippen LogP contribution in [0.5, 0.6) is 11.5 Å². The molecule has 0 spiro atoms. The Bertz CT molecular complexity index is 1890. The summed E-state index contributed by atoms with van der Waals surface area (Å²) >= 11 is 11.8. The van der Waals surface area contributed by atoms with Crippen molar-refractivity contribution in [3.63, 3.8) is 0 Å². The molecule has 0 heterocycles. The van der Waals surface area contributed by atoms with Crippen molar-refractivity contribution in [3.05, 3.63) is 123 Å². The van der Waals surface area contributed by atoms with E-state index in [0.29, 0.717) is 10.0 Å². The van der Waals surface area contributed by atoms with Gasteiger partial charge < -0.3 is 20.1 Å². The Kier molecular flexibility index (Phi) is 11.7. The van der Waals surface area contributed by atoms with E-state index < -0.39 is 23.8 Å². The summed E-state index contributed by atoms with van der Waals surface area (Å²) in [6, 6.07) is 22.7. The van der Waals surface area contributed by atoms with Crippen molar-refractivity contribution in [2.75, 3.05) is 5.32 Å². The highest BCUT2D eigenvalue weighted by Gasteiger charge is 2.21. The van der Waals surface area contributed by atoms with Crippen LogP contribution in [0.25, 0.3) is 0 Å². The maximum absolute atomic E-state index is 12.9. The summed E-state index contributed by atoms with van der Waals surface area (Å²) in [4.78, 5) is 63.9. The Morgan fingerprint density at radius 2 is 1.33 bits per heavy atom. The highest BCUT2D eigenvalue weighted by atomic mass is 35.5. The summed E-state index contributed by atoms with van der Waals surface area (Å²) in [6.07, 6.45) is 6.14. The average Bonchev–Trinajstić information content (AvgIpc) is 3.10. The number of hydrazone groups is 1. The van der Waals surface area contributed by atoms with Gasteiger partial charge >= 0.3 is 23.8 Å². The molecule has 11 nitrogen and oxygen atoms in total. The van der Waals surface area contributed by atoms with E-state index in [1.54, 1.807) is 30.3 Å². The molecule has 4 aromatic rings. The Morgan fingerprint density at radius 3 is 1.98 bits per heavy atom. The molecule has 0 saturated heterocycles. The van der Waals surface area contributed by atoms with Crippen molar-refractivity contribution in [1.82, 2.24) is 10.7 Å². The van der Waals surface area contributed by atoms with Gasteiger partial charge in [0.25, 0.3) is 5.91 Å². The van der Waals surface area contributed by atoms with Crippen LogP contribution in [0.4, 0.5) is 5.69 Å². The Morgan fingerprint density at radius 1 is 0.714 bits per heavy atom. The van der Waals surface area contributed by atoms with Crippen LogP contribution in [0, 0.1) is 0 Å². The summed E-state index contributed by atoms with van der Waals surface area (Å²) in [7, 11) is 0. The van der Waals surface area contributed by atoms with Crippen LogP contribution in [0.15, 0.2) is 96.1 Å². The minimum absolute atomic E-state index is 0.0469. The van der Waals surface area contributed by atoms with Crippen molar-refractivity contribution in [1.29, 1.82) is 0 Å². The first-order valence-corrected chi connectivity index (χ1v) is 16.1. The first kappa shape index (κ1) is 34.8. The Balaban J connectivity index is 1.27. The molecule has 49 heavy (non-hydrogen) atoms. The average molecular weight is 702 g/mol. The largest absolute Gasteiger partial charge is 0.423 e. The number of hydrogen-bond donors (Lipinski definition) is 3.